The monoisotopic (exact) mass is 313 g/mol. The van der Waals surface area contributed by atoms with Crippen molar-refractivity contribution >= 4 is 12.0 Å². The summed E-state index contributed by atoms with van der Waals surface area (Å²) in [5, 5.41) is 0. The first-order valence-electron chi connectivity index (χ1n) is 7.98. The van der Waals surface area contributed by atoms with E-state index >= 15 is 0 Å². The predicted molar refractivity (Wildman–Crippen MR) is 87.3 cm³/mol. The molecule has 3 rings (SSSR count). The molecule has 0 N–H and O–H groups in total. The Morgan fingerprint density at radius 3 is 2.78 bits per heavy atom. The minimum Gasteiger partial charge on any atom is -0.465 e. The van der Waals surface area contributed by atoms with Crippen molar-refractivity contribution in [1.29, 1.82) is 0 Å². The van der Waals surface area contributed by atoms with Crippen LogP contribution >= 0.6 is 0 Å². The highest BCUT2D eigenvalue weighted by molar-refractivity contribution is 5.91. The summed E-state index contributed by atoms with van der Waals surface area (Å²) in [6.45, 7) is 1.44. The first-order chi connectivity index (χ1) is 11.2. The highest BCUT2D eigenvalue weighted by Gasteiger charge is 2.22. The molecule has 1 amide bonds. The largest absolute Gasteiger partial charge is 0.465 e. The third-order valence-corrected chi connectivity index (χ3v) is 4.26. The molecule has 23 heavy (non-hydrogen) atoms. The van der Waals surface area contributed by atoms with Crippen molar-refractivity contribution < 1.29 is 13.6 Å². The molecule has 1 saturated heterocycles. The summed E-state index contributed by atoms with van der Waals surface area (Å²) in [5.74, 6) is 0.703. The summed E-state index contributed by atoms with van der Waals surface area (Å²) < 4.78 is 18.3. The van der Waals surface area contributed by atoms with E-state index in [0.29, 0.717) is 12.3 Å². The number of nitrogens with zero attached hydrogens (tertiary/aromatic N) is 1. The summed E-state index contributed by atoms with van der Waals surface area (Å²) in [7, 11) is 0. The molecule has 1 aliphatic rings. The van der Waals surface area contributed by atoms with Crippen LogP contribution < -0.4 is 0 Å². The van der Waals surface area contributed by atoms with E-state index in [1.807, 2.05) is 23.1 Å². The third-order valence-electron chi connectivity index (χ3n) is 4.26. The van der Waals surface area contributed by atoms with Crippen LogP contribution in [0.4, 0.5) is 4.39 Å². The van der Waals surface area contributed by atoms with Gasteiger partial charge in [-0.1, -0.05) is 18.6 Å². The molecule has 0 aliphatic carbocycles. The fourth-order valence-electron chi connectivity index (χ4n) is 2.99. The minimum absolute atomic E-state index is 0.00425. The van der Waals surface area contributed by atoms with E-state index in [1.54, 1.807) is 24.5 Å². The summed E-state index contributed by atoms with van der Waals surface area (Å²) in [6, 6.07) is 10.2. The summed E-state index contributed by atoms with van der Waals surface area (Å²) in [5.41, 5.74) is 1.10. The standard InChI is InChI=1S/C19H20FNO2/c20-17-8-6-15(7-9-17)16-4-1-2-12-21(14-16)19(22)11-10-18-5-3-13-23-18/h3,5-11,13,16H,1-2,4,12,14H2/b11-10+. The number of rotatable bonds is 3. The Bertz CT molecular complexity index is 661. The van der Waals surface area contributed by atoms with Gasteiger partial charge < -0.3 is 9.32 Å². The van der Waals surface area contributed by atoms with Gasteiger partial charge in [0.15, 0.2) is 0 Å². The number of hydrogen-bond acceptors (Lipinski definition) is 2. The van der Waals surface area contributed by atoms with Crippen LogP contribution in [0.3, 0.4) is 0 Å². The SMILES string of the molecule is O=C(/C=C/c1ccco1)N1CCCCC(c2ccc(F)cc2)C1. The third kappa shape index (κ3) is 4.09. The van der Waals surface area contributed by atoms with Crippen molar-refractivity contribution in [3.05, 3.63) is 65.9 Å². The van der Waals surface area contributed by atoms with Gasteiger partial charge in [0.1, 0.15) is 11.6 Å². The number of hydrogen-bond donors (Lipinski definition) is 0. The molecule has 1 atom stereocenters. The van der Waals surface area contributed by atoms with Gasteiger partial charge in [0.2, 0.25) is 5.91 Å². The van der Waals surface area contributed by atoms with Gasteiger partial charge in [0.05, 0.1) is 6.26 Å². The zero-order valence-corrected chi connectivity index (χ0v) is 13.0. The van der Waals surface area contributed by atoms with Gasteiger partial charge in [-0.3, -0.25) is 4.79 Å². The number of carbonyl (C=O) groups excluding carboxylic acids is 1. The van der Waals surface area contributed by atoms with Gasteiger partial charge in [0, 0.05) is 25.1 Å². The molecule has 3 nitrogen and oxygen atoms in total. The maximum absolute atomic E-state index is 13.1. The lowest BCUT2D eigenvalue weighted by Gasteiger charge is -2.23. The first kappa shape index (κ1) is 15.5. The topological polar surface area (TPSA) is 33.5 Å². The molecule has 1 aliphatic heterocycles. The quantitative estimate of drug-likeness (QED) is 0.795. The van der Waals surface area contributed by atoms with Crippen molar-refractivity contribution in [1.82, 2.24) is 4.90 Å². The molecule has 4 heteroatoms. The summed E-state index contributed by atoms with van der Waals surface area (Å²) in [4.78, 5) is 14.3. The molecule has 0 bridgehead atoms. The molecule has 0 radical (unpaired) electrons. The second kappa shape index (κ2) is 7.27. The average molecular weight is 313 g/mol. The number of furan rings is 1. The Morgan fingerprint density at radius 1 is 1.22 bits per heavy atom. The molecule has 120 valence electrons. The molecule has 1 aromatic heterocycles. The number of halogens is 1. The van der Waals surface area contributed by atoms with Gasteiger partial charge in [-0.15, -0.1) is 0 Å². The van der Waals surface area contributed by atoms with Crippen molar-refractivity contribution in [3.8, 4) is 0 Å². The zero-order chi connectivity index (χ0) is 16.1. The van der Waals surface area contributed by atoms with Gasteiger partial charge in [-0.25, -0.2) is 4.39 Å². The lowest BCUT2D eigenvalue weighted by Crippen LogP contribution is -2.32. The molecular weight excluding hydrogens is 293 g/mol. The van der Waals surface area contributed by atoms with Gasteiger partial charge in [-0.2, -0.15) is 0 Å². The fourth-order valence-corrected chi connectivity index (χ4v) is 2.99. The van der Waals surface area contributed by atoms with Gasteiger partial charge in [-0.05, 0) is 48.7 Å². The van der Waals surface area contributed by atoms with Crippen LogP contribution in [0.1, 0.15) is 36.5 Å². The fraction of sp³-hybridized carbons (Fsp3) is 0.316. The van der Waals surface area contributed by atoms with Crippen LogP contribution in [-0.2, 0) is 4.79 Å². The van der Waals surface area contributed by atoms with E-state index in [9.17, 15) is 9.18 Å². The second-order valence-electron chi connectivity index (χ2n) is 5.88. The molecule has 1 unspecified atom stereocenters. The molecule has 0 saturated carbocycles. The Hall–Kier alpha value is -2.36. The number of amides is 1. The van der Waals surface area contributed by atoms with E-state index < -0.39 is 0 Å². The van der Waals surface area contributed by atoms with Crippen LogP contribution in [-0.4, -0.2) is 23.9 Å². The van der Waals surface area contributed by atoms with E-state index in [4.69, 9.17) is 4.42 Å². The zero-order valence-electron chi connectivity index (χ0n) is 13.0. The number of benzene rings is 1. The van der Waals surface area contributed by atoms with Crippen molar-refractivity contribution in [2.45, 2.75) is 25.2 Å². The minimum atomic E-state index is -0.225. The Kier molecular flexibility index (Phi) is 4.91. The average Bonchev–Trinajstić information content (AvgIpc) is 2.96. The molecule has 1 fully saturated rings. The van der Waals surface area contributed by atoms with Gasteiger partial charge >= 0.3 is 0 Å². The van der Waals surface area contributed by atoms with Crippen LogP contribution in [0.15, 0.2) is 53.2 Å². The van der Waals surface area contributed by atoms with E-state index in [2.05, 4.69) is 0 Å². The van der Waals surface area contributed by atoms with Crippen LogP contribution in [0, 0.1) is 5.82 Å². The number of likely N-dealkylation sites (tertiary alicyclic amines) is 1. The highest BCUT2D eigenvalue weighted by Crippen LogP contribution is 2.26. The molecule has 2 heterocycles. The van der Waals surface area contributed by atoms with Crippen LogP contribution in [0.25, 0.3) is 6.08 Å². The number of carbonyl (C=O) groups is 1. The Morgan fingerprint density at radius 2 is 2.04 bits per heavy atom. The lowest BCUT2D eigenvalue weighted by molar-refractivity contribution is -0.126. The second-order valence-corrected chi connectivity index (χ2v) is 5.88. The van der Waals surface area contributed by atoms with E-state index in [0.717, 1.165) is 31.4 Å². The van der Waals surface area contributed by atoms with Gasteiger partial charge in [0.25, 0.3) is 0 Å². The normalized spacial score (nSPS) is 19.0. The predicted octanol–water partition coefficient (Wildman–Crippen LogP) is 4.23. The Labute approximate surface area is 135 Å². The molecule has 0 spiro atoms. The van der Waals surface area contributed by atoms with Crippen molar-refractivity contribution in [2.24, 2.45) is 0 Å². The maximum atomic E-state index is 13.1. The summed E-state index contributed by atoms with van der Waals surface area (Å²) in [6.07, 6.45) is 7.94. The molecular formula is C19H20FNO2. The van der Waals surface area contributed by atoms with E-state index in [-0.39, 0.29) is 17.6 Å². The smallest absolute Gasteiger partial charge is 0.246 e. The Balaban J connectivity index is 1.69. The molecule has 1 aromatic carbocycles. The van der Waals surface area contributed by atoms with Crippen LogP contribution in [0.5, 0.6) is 0 Å². The molecule has 2 aromatic rings. The highest BCUT2D eigenvalue weighted by atomic mass is 19.1. The van der Waals surface area contributed by atoms with Crippen molar-refractivity contribution in [2.75, 3.05) is 13.1 Å². The summed E-state index contributed by atoms with van der Waals surface area (Å²) >= 11 is 0. The maximum Gasteiger partial charge on any atom is 0.246 e. The first-order valence-corrected chi connectivity index (χ1v) is 7.98. The van der Waals surface area contributed by atoms with E-state index in [1.165, 1.54) is 12.1 Å². The lowest BCUT2D eigenvalue weighted by atomic mass is 9.94. The van der Waals surface area contributed by atoms with Crippen molar-refractivity contribution in [3.63, 3.8) is 0 Å². The van der Waals surface area contributed by atoms with Crippen LogP contribution in [0.2, 0.25) is 0 Å².